The summed E-state index contributed by atoms with van der Waals surface area (Å²) in [6, 6.07) is 12.8. The van der Waals surface area contributed by atoms with Crippen molar-refractivity contribution < 1.29 is 19.1 Å². The third-order valence-electron chi connectivity index (χ3n) is 5.03. The Bertz CT molecular complexity index is 1100. The van der Waals surface area contributed by atoms with Crippen molar-refractivity contribution in [2.45, 2.75) is 46.3 Å². The zero-order valence-electron chi connectivity index (χ0n) is 17.2. The molecule has 0 aliphatic carbocycles. The van der Waals surface area contributed by atoms with Crippen molar-refractivity contribution in [3.63, 3.8) is 0 Å². The average molecular weight is 409 g/mol. The van der Waals surface area contributed by atoms with Gasteiger partial charge in [-0.15, -0.1) is 0 Å². The molecule has 6 nitrogen and oxygen atoms in total. The van der Waals surface area contributed by atoms with E-state index in [1.165, 1.54) is 6.07 Å². The van der Waals surface area contributed by atoms with E-state index >= 15 is 0 Å². The van der Waals surface area contributed by atoms with Crippen LogP contribution in [0.3, 0.4) is 0 Å². The van der Waals surface area contributed by atoms with Crippen LogP contribution in [-0.2, 0) is 16.2 Å². The number of rotatable bonds is 6. The van der Waals surface area contributed by atoms with Gasteiger partial charge in [0.15, 0.2) is 0 Å². The number of aryl methyl sites for hydroxylation is 1. The zero-order valence-corrected chi connectivity index (χ0v) is 17.2. The van der Waals surface area contributed by atoms with Gasteiger partial charge < -0.3 is 15.0 Å². The third kappa shape index (κ3) is 4.74. The van der Waals surface area contributed by atoms with Gasteiger partial charge in [-0.3, -0.25) is 0 Å². The molecular weight excluding hydrogens is 385 g/mol. The lowest BCUT2D eigenvalue weighted by Gasteiger charge is -2.31. The normalized spacial score (nSPS) is 11.2. The van der Waals surface area contributed by atoms with Crippen molar-refractivity contribution in [1.82, 2.24) is 4.98 Å². The highest BCUT2D eigenvalue weighted by Crippen LogP contribution is 2.36. The Kier molecular flexibility index (Phi) is 7.88. The molecule has 1 atom stereocenters. The van der Waals surface area contributed by atoms with Gasteiger partial charge in [-0.05, 0) is 50.1 Å². The summed E-state index contributed by atoms with van der Waals surface area (Å²) < 4.78 is 14.3. The van der Waals surface area contributed by atoms with Crippen LogP contribution >= 0.6 is 0 Å². The average Bonchev–Trinajstić information content (AvgIpc) is 3.04. The molecule has 3 aromatic rings. The molecule has 0 saturated heterocycles. The Morgan fingerprint density at radius 3 is 2.50 bits per heavy atom. The molecule has 0 fully saturated rings. The lowest BCUT2D eigenvalue weighted by Crippen LogP contribution is -2.29. The Hall–Kier alpha value is -3.46. The molecule has 1 unspecified atom stereocenters. The Labute approximate surface area is 174 Å². The first-order valence-corrected chi connectivity index (χ1v) is 9.61. The maximum atomic E-state index is 14.3. The Balaban J connectivity index is 0.00000101. The SMILES string of the molecule is CCCC(C)N(c1ccc(CO)c(F)c1)c1[nH]c2cc(C#N)ccc2c1C.O=C=O. The number of aliphatic hydroxyl groups excluding tert-OH is 1. The lowest BCUT2D eigenvalue weighted by molar-refractivity contribution is -0.191. The van der Waals surface area contributed by atoms with Gasteiger partial charge in [-0.2, -0.15) is 14.9 Å². The lowest BCUT2D eigenvalue weighted by atomic mass is 10.1. The number of aliphatic hydroxyl groups is 1. The van der Waals surface area contributed by atoms with Crippen molar-refractivity contribution in [2.24, 2.45) is 0 Å². The maximum Gasteiger partial charge on any atom is 0.373 e. The summed E-state index contributed by atoms with van der Waals surface area (Å²) >= 11 is 0. The van der Waals surface area contributed by atoms with Crippen LogP contribution in [0.5, 0.6) is 0 Å². The molecule has 7 heteroatoms. The highest BCUT2D eigenvalue weighted by Gasteiger charge is 2.22. The minimum atomic E-state index is -0.413. The van der Waals surface area contributed by atoms with Gasteiger partial charge in [0, 0.05) is 28.2 Å². The number of hydrogen-bond acceptors (Lipinski definition) is 5. The number of nitrogens with one attached hydrogen (secondary N) is 1. The van der Waals surface area contributed by atoms with Gasteiger partial charge in [0.1, 0.15) is 11.6 Å². The van der Waals surface area contributed by atoms with Gasteiger partial charge in [0.2, 0.25) is 0 Å². The summed E-state index contributed by atoms with van der Waals surface area (Å²) in [6.45, 7) is 5.96. The van der Waals surface area contributed by atoms with Gasteiger partial charge in [-0.25, -0.2) is 4.39 Å². The van der Waals surface area contributed by atoms with E-state index in [1.54, 1.807) is 6.07 Å². The number of benzene rings is 2. The highest BCUT2D eigenvalue weighted by atomic mass is 19.1. The van der Waals surface area contributed by atoms with Crippen LogP contribution in [0.25, 0.3) is 10.9 Å². The van der Waals surface area contributed by atoms with Crippen molar-refractivity contribution in [2.75, 3.05) is 4.90 Å². The number of halogens is 1. The van der Waals surface area contributed by atoms with E-state index in [1.807, 2.05) is 31.2 Å². The number of aromatic amines is 1. The molecule has 3 rings (SSSR count). The quantitative estimate of drug-likeness (QED) is 0.614. The van der Waals surface area contributed by atoms with Crippen molar-refractivity contribution in [3.05, 3.63) is 58.9 Å². The van der Waals surface area contributed by atoms with Gasteiger partial charge in [0.05, 0.1) is 18.2 Å². The fourth-order valence-electron chi connectivity index (χ4n) is 3.60. The van der Waals surface area contributed by atoms with Gasteiger partial charge in [0.25, 0.3) is 0 Å². The van der Waals surface area contributed by atoms with E-state index in [0.29, 0.717) is 5.56 Å². The summed E-state index contributed by atoms with van der Waals surface area (Å²) in [5, 5.41) is 19.5. The maximum absolute atomic E-state index is 14.3. The smallest absolute Gasteiger partial charge is 0.373 e. The molecule has 0 bridgehead atoms. The highest BCUT2D eigenvalue weighted by molar-refractivity contribution is 5.91. The standard InChI is InChI=1S/C22H24FN3O.CO2/c1-4-5-14(2)26(18-8-7-17(13-27)20(23)11-18)22-15(3)19-9-6-16(12-24)10-21(19)25-22;2-1-3/h6-11,14,25,27H,4-5,13H2,1-3H3;. The predicted octanol–water partition coefficient (Wildman–Crippen LogP) is 4.72. The molecule has 0 amide bonds. The Morgan fingerprint density at radius 1 is 1.23 bits per heavy atom. The fraction of sp³-hybridized carbons (Fsp3) is 0.304. The largest absolute Gasteiger partial charge is 0.392 e. The topological polar surface area (TPSA) is 97.2 Å². The van der Waals surface area contributed by atoms with Crippen LogP contribution in [0.15, 0.2) is 36.4 Å². The molecule has 0 aliphatic rings. The minimum Gasteiger partial charge on any atom is -0.392 e. The van der Waals surface area contributed by atoms with Crippen LogP contribution < -0.4 is 4.90 Å². The number of fused-ring (bicyclic) bond motifs is 1. The summed E-state index contributed by atoms with van der Waals surface area (Å²) in [7, 11) is 0. The number of carbonyl (C=O) groups excluding carboxylic acids is 2. The van der Waals surface area contributed by atoms with Crippen molar-refractivity contribution in [1.29, 1.82) is 5.26 Å². The number of anilines is 2. The Morgan fingerprint density at radius 2 is 1.93 bits per heavy atom. The number of aromatic nitrogens is 1. The van der Waals surface area contributed by atoms with Crippen LogP contribution in [0.1, 0.15) is 43.4 Å². The van der Waals surface area contributed by atoms with Gasteiger partial charge >= 0.3 is 6.15 Å². The molecule has 2 N–H and O–H groups in total. The molecule has 2 aromatic carbocycles. The predicted molar refractivity (Wildman–Crippen MR) is 112 cm³/mol. The molecule has 1 aromatic heterocycles. The first-order chi connectivity index (χ1) is 14.4. The molecule has 0 aliphatic heterocycles. The van der Waals surface area contributed by atoms with E-state index in [2.05, 4.69) is 29.8 Å². The zero-order chi connectivity index (χ0) is 22.3. The van der Waals surface area contributed by atoms with Crippen LogP contribution in [0.2, 0.25) is 0 Å². The first kappa shape index (κ1) is 22.8. The van der Waals surface area contributed by atoms with Crippen LogP contribution in [0.4, 0.5) is 15.9 Å². The molecule has 156 valence electrons. The monoisotopic (exact) mass is 409 g/mol. The first-order valence-electron chi connectivity index (χ1n) is 9.61. The van der Waals surface area contributed by atoms with E-state index in [-0.39, 0.29) is 24.4 Å². The minimum absolute atomic E-state index is 0.150. The van der Waals surface area contributed by atoms with Crippen molar-refractivity contribution >= 4 is 28.6 Å². The second kappa shape index (κ2) is 10.4. The molecule has 30 heavy (non-hydrogen) atoms. The second-order valence-electron chi connectivity index (χ2n) is 7.00. The molecular formula is C23H24FN3O3. The third-order valence-corrected chi connectivity index (χ3v) is 5.03. The second-order valence-corrected chi connectivity index (χ2v) is 7.00. The molecule has 0 radical (unpaired) electrons. The molecule has 0 saturated carbocycles. The fourth-order valence-corrected chi connectivity index (χ4v) is 3.60. The summed E-state index contributed by atoms with van der Waals surface area (Å²) in [5.41, 5.74) is 3.57. The van der Waals surface area contributed by atoms with Gasteiger partial charge in [-0.1, -0.05) is 25.5 Å². The summed E-state index contributed by atoms with van der Waals surface area (Å²) in [5.74, 6) is 0.487. The van der Waals surface area contributed by atoms with Crippen LogP contribution in [0, 0.1) is 24.1 Å². The number of H-pyrrole nitrogens is 1. The summed E-state index contributed by atoms with van der Waals surface area (Å²) in [4.78, 5) is 21.8. The van der Waals surface area contributed by atoms with E-state index in [4.69, 9.17) is 14.9 Å². The summed E-state index contributed by atoms with van der Waals surface area (Å²) in [6.07, 6.45) is 2.20. The number of hydrogen-bond donors (Lipinski definition) is 2. The van der Waals surface area contributed by atoms with Crippen molar-refractivity contribution in [3.8, 4) is 6.07 Å². The number of nitriles is 1. The van der Waals surface area contributed by atoms with E-state index in [9.17, 15) is 9.50 Å². The van der Waals surface area contributed by atoms with E-state index < -0.39 is 5.82 Å². The molecule has 1 heterocycles. The van der Waals surface area contributed by atoms with Crippen LogP contribution in [-0.4, -0.2) is 22.3 Å². The number of nitrogens with zero attached hydrogens (tertiary/aromatic N) is 2. The molecule has 0 spiro atoms. The van der Waals surface area contributed by atoms with E-state index in [0.717, 1.165) is 40.8 Å².